The first-order chi connectivity index (χ1) is 3.83. The summed E-state index contributed by atoms with van der Waals surface area (Å²) >= 11 is 0. The molecular weight excluding hydrogens is 116 g/mol. The zero-order valence-electron chi connectivity index (χ0n) is 3.86. The molecule has 5 heteroatoms. The number of aliphatic hydroxyl groups is 1. The van der Waals surface area contributed by atoms with Crippen molar-refractivity contribution in [2.45, 2.75) is 6.48 Å². The lowest BCUT2D eigenvalue weighted by atomic mass is 10.7. The van der Waals surface area contributed by atoms with Crippen LogP contribution in [0, 0.1) is 0 Å². The molecule has 1 aliphatic rings. The molecule has 46 valence electrons. The lowest BCUT2D eigenvalue weighted by molar-refractivity contribution is -0.152. The molecule has 5 nitrogen and oxygen atoms in total. The highest BCUT2D eigenvalue weighted by molar-refractivity contribution is 5.70. The predicted molar refractivity (Wildman–Crippen MR) is 19.1 cm³/mol. The minimum absolute atomic E-state index is 0.650. The van der Waals surface area contributed by atoms with Crippen molar-refractivity contribution in [3.63, 3.8) is 0 Å². The van der Waals surface area contributed by atoms with Gasteiger partial charge in [-0.3, -0.25) is 0 Å². The highest BCUT2D eigenvalue weighted by Gasteiger charge is 2.30. The number of ether oxygens (including phenoxy) is 1. The number of esters is 1. The quantitative estimate of drug-likeness (QED) is 0.280. The summed E-state index contributed by atoms with van der Waals surface area (Å²) in [6.45, 7) is -1.53. The van der Waals surface area contributed by atoms with Crippen molar-refractivity contribution in [1.82, 2.24) is 0 Å². The molecular formula is C3H4O5. The van der Waals surface area contributed by atoms with Gasteiger partial charge in [0, 0.05) is 0 Å². The number of carbonyl (C=O) groups excluding carboxylic acids is 1. The molecule has 1 aliphatic heterocycles. The summed E-state index contributed by atoms with van der Waals surface area (Å²) in [6, 6.07) is 0. The fourth-order valence-corrected chi connectivity index (χ4v) is 0.207. The van der Waals surface area contributed by atoms with Crippen molar-refractivity contribution in [1.29, 1.82) is 0 Å². The van der Waals surface area contributed by atoms with E-state index in [0.29, 0.717) is 0 Å². The van der Waals surface area contributed by atoms with Crippen LogP contribution < -0.4 is 0 Å². The van der Waals surface area contributed by atoms with Crippen molar-refractivity contribution in [3.05, 3.63) is 0 Å². The van der Waals surface area contributed by atoms with Gasteiger partial charge >= 0.3 is 12.4 Å². The Morgan fingerprint density at radius 1 is 1.75 bits per heavy atom. The van der Waals surface area contributed by atoms with Gasteiger partial charge < -0.3 is 9.84 Å². The standard InChI is InChI=1S/C3H4O5/c4-1-2(5)6-3-7-8-3/h3-4H,1H2. The summed E-state index contributed by atoms with van der Waals surface area (Å²) in [7, 11) is 0. The van der Waals surface area contributed by atoms with Gasteiger partial charge in [-0.15, -0.1) is 0 Å². The normalized spacial score (nSPS) is 18.1. The first kappa shape index (κ1) is 5.49. The number of aliphatic hydroxyl groups excluding tert-OH is 1. The molecule has 1 rings (SSSR count). The first-order valence-corrected chi connectivity index (χ1v) is 1.95. The first-order valence-electron chi connectivity index (χ1n) is 1.95. The topological polar surface area (TPSA) is 71.6 Å². The van der Waals surface area contributed by atoms with Gasteiger partial charge in [-0.1, -0.05) is 0 Å². The van der Waals surface area contributed by atoms with Crippen molar-refractivity contribution in [2.75, 3.05) is 6.61 Å². The van der Waals surface area contributed by atoms with Crippen LogP contribution in [0.3, 0.4) is 0 Å². The third-order valence-electron chi connectivity index (χ3n) is 0.532. The molecule has 0 saturated carbocycles. The second kappa shape index (κ2) is 2.08. The van der Waals surface area contributed by atoms with Crippen LogP contribution in [-0.2, 0) is 19.3 Å². The molecule has 0 unspecified atom stereocenters. The average molecular weight is 120 g/mol. The summed E-state index contributed by atoms with van der Waals surface area (Å²) in [6.07, 6.45) is 0. The van der Waals surface area contributed by atoms with Gasteiger partial charge in [0.15, 0.2) is 0 Å². The van der Waals surface area contributed by atoms with Crippen LogP contribution in [0.1, 0.15) is 0 Å². The van der Waals surface area contributed by atoms with Gasteiger partial charge in [0.05, 0.1) is 0 Å². The van der Waals surface area contributed by atoms with E-state index >= 15 is 0 Å². The van der Waals surface area contributed by atoms with E-state index in [0.717, 1.165) is 0 Å². The molecule has 0 aromatic heterocycles. The summed E-state index contributed by atoms with van der Waals surface area (Å²) < 4.78 is 4.18. The molecule has 1 fully saturated rings. The van der Waals surface area contributed by atoms with E-state index in [2.05, 4.69) is 14.5 Å². The smallest absolute Gasteiger partial charge is 0.373 e. The fourth-order valence-electron chi connectivity index (χ4n) is 0.207. The molecule has 8 heavy (non-hydrogen) atoms. The van der Waals surface area contributed by atoms with Crippen molar-refractivity contribution in [2.24, 2.45) is 0 Å². The predicted octanol–water partition coefficient (Wildman–Crippen LogP) is -1.23. The van der Waals surface area contributed by atoms with E-state index in [-0.39, 0.29) is 0 Å². The second-order valence-corrected chi connectivity index (χ2v) is 1.13. The van der Waals surface area contributed by atoms with Gasteiger partial charge in [0.1, 0.15) is 6.61 Å². The Hall–Kier alpha value is -0.650. The maximum Gasteiger partial charge on any atom is 0.373 e. The van der Waals surface area contributed by atoms with Gasteiger partial charge in [0.25, 0.3) is 0 Å². The van der Waals surface area contributed by atoms with Crippen molar-refractivity contribution >= 4 is 5.97 Å². The van der Waals surface area contributed by atoms with Gasteiger partial charge in [-0.25, -0.2) is 4.79 Å². The van der Waals surface area contributed by atoms with E-state index in [1.54, 1.807) is 0 Å². The van der Waals surface area contributed by atoms with Crippen LogP contribution in [-0.4, -0.2) is 24.2 Å². The molecule has 0 amide bonds. The number of hydrogen-bond donors (Lipinski definition) is 1. The van der Waals surface area contributed by atoms with Crippen LogP contribution in [0.5, 0.6) is 0 Å². The number of rotatable bonds is 2. The molecule has 0 spiro atoms. The SMILES string of the molecule is O=C(CO)OC1OO1. The maximum absolute atomic E-state index is 10.0. The zero-order valence-corrected chi connectivity index (χ0v) is 3.86. The Bertz CT molecular complexity index is 95.8. The van der Waals surface area contributed by atoms with Gasteiger partial charge in [-0.05, 0) is 0 Å². The molecule has 0 radical (unpaired) electrons. The van der Waals surface area contributed by atoms with E-state index in [4.69, 9.17) is 5.11 Å². The minimum Gasteiger partial charge on any atom is -0.405 e. The number of carbonyl (C=O) groups is 1. The molecule has 0 aromatic rings. The lowest BCUT2D eigenvalue weighted by Gasteiger charge is -1.89. The van der Waals surface area contributed by atoms with Crippen LogP contribution >= 0.6 is 0 Å². The molecule has 0 atom stereocenters. The Labute approximate surface area is 44.7 Å². The van der Waals surface area contributed by atoms with Crippen LogP contribution in [0.25, 0.3) is 0 Å². The monoisotopic (exact) mass is 120 g/mol. The molecule has 0 bridgehead atoms. The van der Waals surface area contributed by atoms with Gasteiger partial charge in [0.2, 0.25) is 0 Å². The van der Waals surface area contributed by atoms with Crippen LogP contribution in [0.2, 0.25) is 0 Å². The third-order valence-corrected chi connectivity index (χ3v) is 0.532. The molecule has 0 aliphatic carbocycles. The second-order valence-electron chi connectivity index (χ2n) is 1.13. The van der Waals surface area contributed by atoms with E-state index in [1.807, 2.05) is 0 Å². The number of hydrogen-bond acceptors (Lipinski definition) is 5. The largest absolute Gasteiger partial charge is 0.405 e. The Kier molecular flexibility index (Phi) is 1.43. The third kappa shape index (κ3) is 1.45. The van der Waals surface area contributed by atoms with Crippen molar-refractivity contribution in [3.8, 4) is 0 Å². The molecule has 1 saturated heterocycles. The Balaban J connectivity index is 2.07. The average Bonchev–Trinajstić information content (AvgIpc) is 2.50. The summed E-state index contributed by atoms with van der Waals surface area (Å²) in [5.74, 6) is -0.757. The van der Waals surface area contributed by atoms with E-state index in [9.17, 15) is 4.79 Å². The highest BCUT2D eigenvalue weighted by atomic mass is 17.4. The lowest BCUT2D eigenvalue weighted by Crippen LogP contribution is -2.10. The molecule has 0 aromatic carbocycles. The van der Waals surface area contributed by atoms with E-state index < -0.39 is 19.1 Å². The summed E-state index contributed by atoms with van der Waals surface area (Å²) in [5.41, 5.74) is 0. The summed E-state index contributed by atoms with van der Waals surface area (Å²) in [4.78, 5) is 18.1. The zero-order chi connectivity index (χ0) is 5.98. The maximum atomic E-state index is 10.0. The van der Waals surface area contributed by atoms with Crippen molar-refractivity contribution < 1.29 is 24.4 Å². The molecule has 1 N–H and O–H groups in total. The van der Waals surface area contributed by atoms with Gasteiger partial charge in [-0.2, -0.15) is 9.78 Å². The van der Waals surface area contributed by atoms with Crippen LogP contribution in [0.15, 0.2) is 0 Å². The van der Waals surface area contributed by atoms with Crippen LogP contribution in [0.4, 0.5) is 0 Å². The Morgan fingerprint density at radius 3 is 2.75 bits per heavy atom. The molecule has 1 heterocycles. The fraction of sp³-hybridized carbons (Fsp3) is 0.667. The summed E-state index contributed by atoms with van der Waals surface area (Å²) in [5, 5.41) is 8.03. The minimum atomic E-state index is -0.880. The highest BCUT2D eigenvalue weighted by Crippen LogP contribution is 2.12. The van der Waals surface area contributed by atoms with E-state index in [1.165, 1.54) is 0 Å². The Morgan fingerprint density at radius 2 is 2.38 bits per heavy atom.